The molecule has 0 aliphatic carbocycles. The third kappa shape index (κ3) is 204. The van der Waals surface area contributed by atoms with Crippen LogP contribution in [0, 0.1) is 15.3 Å². The molecule has 0 atom stereocenters. The molecule has 0 aromatic heterocycles. The summed E-state index contributed by atoms with van der Waals surface area (Å²) in [4.78, 5) is 8.25. The van der Waals surface area contributed by atoms with E-state index < -0.39 is 5.09 Å². The van der Waals surface area contributed by atoms with Crippen molar-refractivity contribution in [3.63, 3.8) is 0 Å². The number of hydrogen-bond donors (Lipinski definition) is 1. The standard InChI is InChI=1S/Ag.NO3.H3N.Na.H/c;2-1(3)4;;;/h;;1H3;;/q+1;-1;;+1;-1. The summed E-state index contributed by atoms with van der Waals surface area (Å²) >= 11 is 0. The van der Waals surface area contributed by atoms with E-state index in [1.165, 1.54) is 0 Å². The molecule has 0 aromatic carbocycles. The van der Waals surface area contributed by atoms with Crippen LogP contribution in [0.4, 0.5) is 0 Å². The Bertz CT molecular complexity index is 40.3. The maximum absolute atomic E-state index is 8.25. The predicted molar refractivity (Wildman–Crippen MR) is 16.5 cm³/mol. The molecule has 0 heterocycles. The van der Waals surface area contributed by atoms with E-state index in [1.807, 2.05) is 0 Å². The predicted octanol–water partition coefficient (Wildman–Crippen LogP) is -2.96. The summed E-state index contributed by atoms with van der Waals surface area (Å²) in [6, 6.07) is 0. The smallest absolute Gasteiger partial charge is 1.00 e. The Morgan fingerprint density at radius 1 is 1.43 bits per heavy atom. The SMILES string of the molecule is N.O=[N+]([O-])[O-].[Ag+].[H-].[Na+]. The fourth-order valence-corrected chi connectivity index (χ4v) is 0. The molecule has 0 spiro atoms. The Kier molecular flexibility index (Phi) is 55.8. The maximum atomic E-state index is 8.25. The normalized spacial score (nSPS) is 3.43. The molecular formula is H4AgN2NaO3. The molecule has 44 valence electrons. The summed E-state index contributed by atoms with van der Waals surface area (Å²) in [5.41, 5.74) is 0. The van der Waals surface area contributed by atoms with E-state index in [0.717, 1.165) is 0 Å². The van der Waals surface area contributed by atoms with Gasteiger partial charge in [0.25, 0.3) is 0 Å². The summed E-state index contributed by atoms with van der Waals surface area (Å²) in [6.45, 7) is 0. The van der Waals surface area contributed by atoms with Crippen molar-refractivity contribution in [3.05, 3.63) is 15.3 Å². The molecule has 0 unspecified atom stereocenters. The third-order valence-electron chi connectivity index (χ3n) is 0. The van der Waals surface area contributed by atoms with Gasteiger partial charge in [-0.2, -0.15) is 0 Å². The van der Waals surface area contributed by atoms with E-state index >= 15 is 0 Å². The van der Waals surface area contributed by atoms with Gasteiger partial charge in [0.15, 0.2) is 0 Å². The minimum absolute atomic E-state index is 0. The van der Waals surface area contributed by atoms with Crippen LogP contribution in [0.5, 0.6) is 0 Å². The van der Waals surface area contributed by atoms with Gasteiger partial charge in [-0.1, -0.05) is 0 Å². The maximum Gasteiger partial charge on any atom is 1.00 e. The van der Waals surface area contributed by atoms with Crippen molar-refractivity contribution in [1.82, 2.24) is 6.15 Å². The first kappa shape index (κ1) is 24.7. The minimum Gasteiger partial charge on any atom is -1.00 e. The fourth-order valence-electron chi connectivity index (χ4n) is 0. The van der Waals surface area contributed by atoms with Gasteiger partial charge in [0.2, 0.25) is 0 Å². The second-order valence-corrected chi connectivity index (χ2v) is 0.224. The summed E-state index contributed by atoms with van der Waals surface area (Å²) in [5, 5.41) is 14.8. The molecule has 3 N–H and O–H groups in total. The minimum atomic E-state index is -1.75. The summed E-state index contributed by atoms with van der Waals surface area (Å²) < 4.78 is 0. The van der Waals surface area contributed by atoms with Crippen molar-refractivity contribution in [2.75, 3.05) is 0 Å². The molecule has 7 heavy (non-hydrogen) atoms. The molecule has 0 rings (SSSR count). The number of nitrogens with zero attached hydrogens (tertiary/aromatic N) is 1. The molecule has 0 radical (unpaired) electrons. The van der Waals surface area contributed by atoms with Crippen molar-refractivity contribution >= 4 is 0 Å². The quantitative estimate of drug-likeness (QED) is 0.262. The van der Waals surface area contributed by atoms with Gasteiger partial charge in [0, 0.05) is 0 Å². The van der Waals surface area contributed by atoms with Gasteiger partial charge in [-0.25, -0.2) is 0 Å². The molecule has 0 saturated heterocycles. The van der Waals surface area contributed by atoms with Gasteiger partial charge in [-0.3, -0.25) is 0 Å². The van der Waals surface area contributed by atoms with Crippen molar-refractivity contribution in [2.45, 2.75) is 0 Å². The molecule has 7 heteroatoms. The van der Waals surface area contributed by atoms with Crippen molar-refractivity contribution in [1.29, 1.82) is 0 Å². The second kappa shape index (κ2) is 15.8. The van der Waals surface area contributed by atoms with Gasteiger partial charge in [0.05, 0.1) is 5.09 Å². The van der Waals surface area contributed by atoms with E-state index in [1.54, 1.807) is 0 Å². The Hall–Kier alpha value is 0.900. The van der Waals surface area contributed by atoms with Crippen molar-refractivity contribution in [2.24, 2.45) is 0 Å². The largest absolute Gasteiger partial charge is 1.00 e. The topological polar surface area (TPSA) is 101 Å². The molecule has 0 aliphatic heterocycles. The average Bonchev–Trinajstić information content (AvgIpc) is 0.811. The Morgan fingerprint density at radius 3 is 1.43 bits per heavy atom. The molecule has 0 aliphatic rings. The van der Waals surface area contributed by atoms with Crippen LogP contribution < -0.4 is 35.7 Å². The van der Waals surface area contributed by atoms with E-state index in [0.29, 0.717) is 0 Å². The zero-order chi connectivity index (χ0) is 3.58. The zero-order valence-electron chi connectivity index (χ0n) is 4.68. The van der Waals surface area contributed by atoms with Crippen LogP contribution in [-0.4, -0.2) is 5.09 Å². The molecule has 0 saturated carbocycles. The summed E-state index contributed by atoms with van der Waals surface area (Å²) in [5.74, 6) is 0. The Morgan fingerprint density at radius 2 is 1.43 bits per heavy atom. The first-order valence-corrected chi connectivity index (χ1v) is 0.548. The molecule has 0 fully saturated rings. The van der Waals surface area contributed by atoms with Crippen LogP contribution in [0.2, 0.25) is 0 Å². The Labute approximate surface area is 79.4 Å². The average molecular weight is 211 g/mol. The van der Waals surface area contributed by atoms with Crippen LogP contribution in [0.3, 0.4) is 0 Å². The molecular weight excluding hydrogens is 207 g/mol. The van der Waals surface area contributed by atoms with E-state index in [-0.39, 0.29) is 59.5 Å². The molecule has 0 amide bonds. The van der Waals surface area contributed by atoms with E-state index in [9.17, 15) is 0 Å². The van der Waals surface area contributed by atoms with Crippen LogP contribution >= 0.6 is 0 Å². The summed E-state index contributed by atoms with van der Waals surface area (Å²) in [6.07, 6.45) is 0. The third-order valence-corrected chi connectivity index (χ3v) is 0. The number of hydrogen-bond acceptors (Lipinski definition) is 4. The monoisotopic (exact) mass is 210 g/mol. The molecule has 0 bridgehead atoms. The molecule has 0 aromatic rings. The van der Waals surface area contributed by atoms with E-state index in [2.05, 4.69) is 0 Å². The van der Waals surface area contributed by atoms with E-state index in [4.69, 9.17) is 15.3 Å². The second-order valence-electron chi connectivity index (χ2n) is 0.224. The zero-order valence-corrected chi connectivity index (χ0v) is 7.16. The van der Waals surface area contributed by atoms with Crippen molar-refractivity contribution in [3.8, 4) is 0 Å². The fraction of sp³-hybridized carbons (Fsp3) is 0. The molecule has 5 nitrogen and oxygen atoms in total. The number of rotatable bonds is 0. The Balaban J connectivity index is -0.00000000750. The van der Waals surface area contributed by atoms with Gasteiger partial charge < -0.3 is 22.9 Å². The summed E-state index contributed by atoms with van der Waals surface area (Å²) in [7, 11) is 0. The van der Waals surface area contributed by atoms with Gasteiger partial charge >= 0.3 is 51.9 Å². The van der Waals surface area contributed by atoms with Crippen LogP contribution in [0.25, 0.3) is 0 Å². The van der Waals surface area contributed by atoms with Gasteiger partial charge in [-0.15, -0.1) is 0 Å². The van der Waals surface area contributed by atoms with Crippen LogP contribution in [-0.2, 0) is 22.4 Å². The van der Waals surface area contributed by atoms with Crippen molar-refractivity contribution < 1.29 is 58.5 Å². The van der Waals surface area contributed by atoms with Crippen LogP contribution in [0.1, 0.15) is 1.43 Å². The van der Waals surface area contributed by atoms with Crippen LogP contribution in [0.15, 0.2) is 0 Å². The first-order valence-electron chi connectivity index (χ1n) is 0.548. The van der Waals surface area contributed by atoms with Gasteiger partial charge in [-0.05, 0) is 0 Å². The van der Waals surface area contributed by atoms with Gasteiger partial charge in [0.1, 0.15) is 0 Å². The first-order chi connectivity index (χ1) is 1.73.